The normalized spacial score (nSPS) is 20.1. The fraction of sp³-hybridized carbons (Fsp3) is 0.421. The van der Waals surface area contributed by atoms with E-state index in [9.17, 15) is 14.7 Å². The van der Waals surface area contributed by atoms with Crippen molar-refractivity contribution in [1.82, 2.24) is 14.8 Å². The number of phenols is 1. The summed E-state index contributed by atoms with van der Waals surface area (Å²) in [5.41, 5.74) is 0.255. The number of carbonyl (C=O) groups excluding carboxylic acids is 2. The van der Waals surface area contributed by atoms with E-state index in [0.29, 0.717) is 26.1 Å². The number of phenolic OH excluding ortho intramolecular Hbond substituents is 1. The molecule has 2 fully saturated rings. The number of hydrogen-bond acceptors (Lipinski definition) is 6. The van der Waals surface area contributed by atoms with Gasteiger partial charge in [0, 0.05) is 44.3 Å². The Hall–Kier alpha value is -2.61. The van der Waals surface area contributed by atoms with Crippen LogP contribution in [-0.4, -0.2) is 70.5 Å². The summed E-state index contributed by atoms with van der Waals surface area (Å²) in [5.74, 6) is -0.307. The van der Waals surface area contributed by atoms with Gasteiger partial charge in [0.2, 0.25) is 5.91 Å². The van der Waals surface area contributed by atoms with Gasteiger partial charge < -0.3 is 19.8 Å². The van der Waals surface area contributed by atoms with Gasteiger partial charge in [-0.1, -0.05) is 12.1 Å². The zero-order valence-corrected chi connectivity index (χ0v) is 15.8. The summed E-state index contributed by atoms with van der Waals surface area (Å²) in [6.45, 7) is 3.31. The Morgan fingerprint density at radius 3 is 2.59 bits per heavy atom. The Kier molecular flexibility index (Phi) is 4.98. The largest absolute Gasteiger partial charge is 0.507 e. The molecule has 2 aliphatic rings. The Labute approximate surface area is 161 Å². The molecule has 0 aliphatic carbocycles. The highest BCUT2D eigenvalue weighted by atomic mass is 32.1. The molecule has 142 valence electrons. The first-order chi connectivity index (χ1) is 13.1. The lowest BCUT2D eigenvalue weighted by atomic mass is 10.1. The first-order valence-electron chi connectivity index (χ1n) is 9.17. The lowest BCUT2D eigenvalue weighted by Gasteiger charge is -2.37. The van der Waals surface area contributed by atoms with Crippen LogP contribution in [0, 0.1) is 0 Å². The molecule has 0 bridgehead atoms. The third-order valence-corrected chi connectivity index (χ3v) is 6.05. The summed E-state index contributed by atoms with van der Waals surface area (Å²) in [6, 6.07) is 6.06. The molecule has 0 saturated carbocycles. The number of likely N-dealkylation sites (tertiary alicyclic amines) is 1. The fourth-order valence-electron chi connectivity index (χ4n) is 3.78. The van der Waals surface area contributed by atoms with E-state index >= 15 is 0 Å². The number of hydrogen-bond donors (Lipinski definition) is 1. The van der Waals surface area contributed by atoms with Gasteiger partial charge in [0.15, 0.2) is 5.13 Å². The third kappa shape index (κ3) is 3.49. The maximum Gasteiger partial charge on any atom is 0.258 e. The Morgan fingerprint density at radius 2 is 1.89 bits per heavy atom. The molecule has 1 N–H and O–H groups in total. The topological polar surface area (TPSA) is 77.0 Å². The molecule has 2 aromatic rings. The van der Waals surface area contributed by atoms with Crippen LogP contribution < -0.4 is 4.90 Å². The van der Waals surface area contributed by atoms with Crippen LogP contribution in [0.3, 0.4) is 0 Å². The van der Waals surface area contributed by atoms with Crippen LogP contribution in [0.15, 0.2) is 35.8 Å². The van der Waals surface area contributed by atoms with Crippen molar-refractivity contribution in [2.24, 2.45) is 0 Å². The zero-order chi connectivity index (χ0) is 18.8. The van der Waals surface area contributed by atoms with Crippen molar-refractivity contribution in [3.8, 4) is 5.75 Å². The second-order valence-corrected chi connectivity index (χ2v) is 7.67. The van der Waals surface area contributed by atoms with Crippen LogP contribution in [0.2, 0.25) is 0 Å². The number of thiazole rings is 1. The first-order valence-corrected chi connectivity index (χ1v) is 10.1. The molecule has 7 nitrogen and oxygen atoms in total. The van der Waals surface area contributed by atoms with Gasteiger partial charge in [0.05, 0.1) is 5.56 Å². The molecule has 2 aliphatic heterocycles. The maximum atomic E-state index is 13.1. The van der Waals surface area contributed by atoms with E-state index in [1.807, 2.05) is 10.3 Å². The molecule has 3 heterocycles. The summed E-state index contributed by atoms with van der Waals surface area (Å²) >= 11 is 1.60. The van der Waals surface area contributed by atoms with E-state index in [-0.39, 0.29) is 23.1 Å². The van der Waals surface area contributed by atoms with Gasteiger partial charge in [0.1, 0.15) is 11.8 Å². The quantitative estimate of drug-likeness (QED) is 0.871. The van der Waals surface area contributed by atoms with Gasteiger partial charge >= 0.3 is 0 Å². The molecule has 2 amide bonds. The highest BCUT2D eigenvalue weighted by Gasteiger charge is 2.38. The van der Waals surface area contributed by atoms with Crippen LogP contribution in [0.25, 0.3) is 0 Å². The average molecular weight is 386 g/mol. The Bertz CT molecular complexity index is 818. The minimum atomic E-state index is -0.441. The number of carbonyl (C=O) groups is 2. The zero-order valence-electron chi connectivity index (χ0n) is 15.0. The molecule has 1 aromatic carbocycles. The molecule has 1 atom stereocenters. The van der Waals surface area contributed by atoms with Crippen LogP contribution in [0.5, 0.6) is 5.75 Å². The molecule has 8 heteroatoms. The number of aromatic nitrogens is 1. The third-order valence-electron chi connectivity index (χ3n) is 5.21. The first kappa shape index (κ1) is 17.8. The molecular formula is C19H22N4O3S. The van der Waals surface area contributed by atoms with Gasteiger partial charge in [-0.15, -0.1) is 11.3 Å². The smallest absolute Gasteiger partial charge is 0.258 e. The van der Waals surface area contributed by atoms with Gasteiger partial charge in [-0.2, -0.15) is 0 Å². The fourth-order valence-corrected chi connectivity index (χ4v) is 4.47. The SMILES string of the molecule is O=C(C1CCCN1C(=O)c1ccccc1O)N1CCN(c2nccs2)CC1. The molecular weight excluding hydrogens is 364 g/mol. The summed E-state index contributed by atoms with van der Waals surface area (Å²) < 4.78 is 0. The lowest BCUT2D eigenvalue weighted by molar-refractivity contribution is -0.135. The molecule has 1 unspecified atom stereocenters. The van der Waals surface area contributed by atoms with Crippen molar-refractivity contribution in [3.63, 3.8) is 0 Å². The number of para-hydroxylation sites is 1. The number of amides is 2. The average Bonchev–Trinajstić information content (AvgIpc) is 3.39. The molecule has 0 spiro atoms. The van der Waals surface area contributed by atoms with Crippen molar-refractivity contribution in [1.29, 1.82) is 0 Å². The van der Waals surface area contributed by atoms with E-state index < -0.39 is 6.04 Å². The number of piperazine rings is 1. The van der Waals surface area contributed by atoms with E-state index in [0.717, 1.165) is 24.6 Å². The van der Waals surface area contributed by atoms with Crippen LogP contribution >= 0.6 is 11.3 Å². The van der Waals surface area contributed by atoms with E-state index in [2.05, 4.69) is 9.88 Å². The number of nitrogens with zero attached hydrogens (tertiary/aromatic N) is 4. The van der Waals surface area contributed by atoms with Crippen LogP contribution in [0.1, 0.15) is 23.2 Å². The molecule has 4 rings (SSSR count). The summed E-state index contributed by atoms with van der Waals surface area (Å²) in [5, 5.41) is 12.9. The maximum absolute atomic E-state index is 13.1. The highest BCUT2D eigenvalue weighted by molar-refractivity contribution is 7.13. The number of anilines is 1. The number of aromatic hydroxyl groups is 1. The summed E-state index contributed by atoms with van der Waals surface area (Å²) in [4.78, 5) is 35.9. The summed E-state index contributed by atoms with van der Waals surface area (Å²) in [7, 11) is 0. The van der Waals surface area contributed by atoms with Gasteiger partial charge in [-0.25, -0.2) is 4.98 Å². The van der Waals surface area contributed by atoms with E-state index in [1.165, 1.54) is 6.07 Å². The second-order valence-electron chi connectivity index (χ2n) is 6.80. The van der Waals surface area contributed by atoms with Crippen molar-refractivity contribution in [2.75, 3.05) is 37.6 Å². The predicted molar refractivity (Wildman–Crippen MR) is 103 cm³/mol. The van der Waals surface area contributed by atoms with Crippen molar-refractivity contribution >= 4 is 28.3 Å². The van der Waals surface area contributed by atoms with Crippen molar-refractivity contribution < 1.29 is 14.7 Å². The molecule has 1 aromatic heterocycles. The minimum absolute atomic E-state index is 0.00931. The van der Waals surface area contributed by atoms with Gasteiger partial charge in [-0.05, 0) is 25.0 Å². The molecule has 2 saturated heterocycles. The van der Waals surface area contributed by atoms with Gasteiger partial charge in [0.25, 0.3) is 5.91 Å². The minimum Gasteiger partial charge on any atom is -0.507 e. The number of benzene rings is 1. The van der Waals surface area contributed by atoms with Gasteiger partial charge in [-0.3, -0.25) is 9.59 Å². The van der Waals surface area contributed by atoms with E-state index in [4.69, 9.17) is 0 Å². The standard InChI is InChI=1S/C19H22N4O3S/c24-16-6-2-1-4-14(16)17(25)23-8-3-5-15(23)18(26)21-9-11-22(12-10-21)19-20-7-13-27-19/h1-2,4,6-7,13,15,24H,3,5,8-12H2. The predicted octanol–water partition coefficient (Wildman–Crippen LogP) is 1.80. The molecule has 0 radical (unpaired) electrons. The van der Waals surface area contributed by atoms with Crippen molar-refractivity contribution in [2.45, 2.75) is 18.9 Å². The van der Waals surface area contributed by atoms with E-state index in [1.54, 1.807) is 40.6 Å². The molecule has 27 heavy (non-hydrogen) atoms. The monoisotopic (exact) mass is 386 g/mol. The summed E-state index contributed by atoms with van der Waals surface area (Å²) in [6.07, 6.45) is 3.26. The van der Waals surface area contributed by atoms with Crippen LogP contribution in [-0.2, 0) is 4.79 Å². The Morgan fingerprint density at radius 1 is 1.11 bits per heavy atom. The second kappa shape index (κ2) is 7.56. The highest BCUT2D eigenvalue weighted by Crippen LogP contribution is 2.26. The lowest BCUT2D eigenvalue weighted by Crippen LogP contribution is -2.54. The van der Waals surface area contributed by atoms with Crippen molar-refractivity contribution in [3.05, 3.63) is 41.4 Å². The Balaban J connectivity index is 1.42. The van der Waals surface area contributed by atoms with Crippen LogP contribution in [0.4, 0.5) is 5.13 Å². The number of rotatable bonds is 3.